The fraction of sp³-hybridized carbons (Fsp3) is 0.733. The quantitative estimate of drug-likeness (QED) is 0.806. The van der Waals surface area contributed by atoms with Crippen molar-refractivity contribution in [1.82, 2.24) is 10.2 Å². The van der Waals surface area contributed by atoms with Gasteiger partial charge in [0.1, 0.15) is 0 Å². The topological polar surface area (TPSA) is 24.5 Å². The number of rotatable bonds is 7. The monoisotopic (exact) mass is 360 g/mol. The highest BCUT2D eigenvalue weighted by molar-refractivity contribution is 9.10. The van der Waals surface area contributed by atoms with Crippen molar-refractivity contribution in [3.05, 3.63) is 20.8 Å². The fourth-order valence-corrected chi connectivity index (χ4v) is 4.25. The summed E-state index contributed by atoms with van der Waals surface area (Å²) in [6.45, 7) is 9.33. The van der Waals surface area contributed by atoms with Crippen LogP contribution in [0.25, 0.3) is 0 Å². The van der Waals surface area contributed by atoms with Gasteiger partial charge in [0.05, 0.1) is 6.61 Å². The van der Waals surface area contributed by atoms with Gasteiger partial charge in [0, 0.05) is 52.4 Å². The van der Waals surface area contributed by atoms with Crippen LogP contribution in [-0.2, 0) is 11.3 Å². The number of nitrogens with zero attached hydrogens (tertiary/aromatic N) is 1. The smallest absolute Gasteiger partial charge is 0.0547 e. The highest BCUT2D eigenvalue weighted by Crippen LogP contribution is 2.30. The van der Waals surface area contributed by atoms with E-state index >= 15 is 0 Å². The van der Waals surface area contributed by atoms with Crippen molar-refractivity contribution in [3.8, 4) is 0 Å². The average Bonchev–Trinajstić information content (AvgIpc) is 2.97. The van der Waals surface area contributed by atoms with E-state index in [-0.39, 0.29) is 5.41 Å². The van der Waals surface area contributed by atoms with E-state index in [4.69, 9.17) is 4.74 Å². The molecule has 0 bridgehead atoms. The first-order valence-electron chi connectivity index (χ1n) is 7.22. The normalized spacial score (nSPS) is 23.1. The third kappa shape index (κ3) is 4.81. The molecular weight excluding hydrogens is 336 g/mol. The van der Waals surface area contributed by atoms with E-state index in [1.165, 1.54) is 9.35 Å². The Balaban J connectivity index is 1.90. The van der Waals surface area contributed by atoms with E-state index in [2.05, 4.69) is 58.5 Å². The maximum Gasteiger partial charge on any atom is 0.0547 e. The maximum absolute atomic E-state index is 5.68. The Morgan fingerprint density at radius 3 is 2.90 bits per heavy atom. The largest absolute Gasteiger partial charge is 0.381 e. The van der Waals surface area contributed by atoms with Gasteiger partial charge >= 0.3 is 0 Å². The maximum atomic E-state index is 5.68. The van der Waals surface area contributed by atoms with E-state index in [0.717, 1.165) is 39.3 Å². The highest BCUT2D eigenvalue weighted by Gasteiger charge is 2.35. The van der Waals surface area contributed by atoms with Gasteiger partial charge in [-0.2, -0.15) is 0 Å². The molecule has 114 valence electrons. The van der Waals surface area contributed by atoms with Crippen LogP contribution < -0.4 is 5.32 Å². The average molecular weight is 361 g/mol. The summed E-state index contributed by atoms with van der Waals surface area (Å²) in [5.41, 5.74) is 0.271. The van der Waals surface area contributed by atoms with Crippen LogP contribution in [0.5, 0.6) is 0 Å². The molecule has 1 fully saturated rings. The Kier molecular flexibility index (Phi) is 6.05. The molecule has 0 aliphatic carbocycles. The second-order valence-corrected chi connectivity index (χ2v) is 8.15. The van der Waals surface area contributed by atoms with Gasteiger partial charge in [-0.25, -0.2) is 0 Å². The zero-order chi connectivity index (χ0) is 14.6. The molecular formula is C15H25BrN2OS. The van der Waals surface area contributed by atoms with Crippen molar-refractivity contribution < 1.29 is 4.74 Å². The molecule has 1 N–H and O–H groups in total. The Bertz CT molecular complexity index is 416. The zero-order valence-corrected chi connectivity index (χ0v) is 15.0. The van der Waals surface area contributed by atoms with Crippen molar-refractivity contribution >= 4 is 27.3 Å². The third-order valence-electron chi connectivity index (χ3n) is 3.72. The number of ether oxygens (including phenoxy) is 1. The summed E-state index contributed by atoms with van der Waals surface area (Å²) < 4.78 is 6.86. The predicted molar refractivity (Wildman–Crippen MR) is 89.4 cm³/mol. The molecule has 0 amide bonds. The zero-order valence-electron chi connectivity index (χ0n) is 12.6. The lowest BCUT2D eigenvalue weighted by atomic mass is 9.86. The van der Waals surface area contributed by atoms with Crippen LogP contribution in [0, 0.1) is 5.41 Å². The Labute approximate surface area is 134 Å². The Morgan fingerprint density at radius 2 is 2.35 bits per heavy atom. The number of hydrogen-bond donors (Lipinski definition) is 1. The van der Waals surface area contributed by atoms with Crippen molar-refractivity contribution in [3.63, 3.8) is 0 Å². The third-order valence-corrected chi connectivity index (χ3v) is 5.41. The summed E-state index contributed by atoms with van der Waals surface area (Å²) in [4.78, 5) is 3.83. The molecule has 1 atom stereocenters. The molecule has 0 aromatic carbocycles. The highest BCUT2D eigenvalue weighted by atomic mass is 79.9. The van der Waals surface area contributed by atoms with Crippen LogP contribution in [0.15, 0.2) is 15.9 Å². The number of hydrogen-bond acceptors (Lipinski definition) is 4. The fourth-order valence-electron chi connectivity index (χ4n) is 2.72. The summed E-state index contributed by atoms with van der Waals surface area (Å²) in [6, 6.07) is 2.75. The molecule has 3 nitrogen and oxygen atoms in total. The molecule has 2 heterocycles. The second-order valence-electron chi connectivity index (χ2n) is 6.24. The van der Waals surface area contributed by atoms with E-state index in [1.807, 2.05) is 11.3 Å². The summed E-state index contributed by atoms with van der Waals surface area (Å²) in [7, 11) is 2.21. The lowest BCUT2D eigenvalue weighted by molar-refractivity contribution is 0.115. The van der Waals surface area contributed by atoms with Gasteiger partial charge in [-0.15, -0.1) is 11.3 Å². The lowest BCUT2D eigenvalue weighted by Crippen LogP contribution is -2.45. The van der Waals surface area contributed by atoms with Crippen LogP contribution in [0.4, 0.5) is 0 Å². The number of halogens is 1. The van der Waals surface area contributed by atoms with Gasteiger partial charge in [-0.3, -0.25) is 0 Å². The van der Waals surface area contributed by atoms with Gasteiger partial charge in [0.2, 0.25) is 0 Å². The van der Waals surface area contributed by atoms with Gasteiger partial charge in [-0.1, -0.05) is 13.8 Å². The summed E-state index contributed by atoms with van der Waals surface area (Å²) in [5.74, 6) is 0. The SMILES string of the molecule is CC(C)NCC1(CN(C)Cc2cc(Br)cs2)CCOC1. The van der Waals surface area contributed by atoms with Crippen LogP contribution >= 0.6 is 27.3 Å². The van der Waals surface area contributed by atoms with Crippen LogP contribution in [0.3, 0.4) is 0 Å². The molecule has 1 unspecified atom stereocenters. The predicted octanol–water partition coefficient (Wildman–Crippen LogP) is 3.35. The van der Waals surface area contributed by atoms with Gasteiger partial charge in [-0.05, 0) is 35.5 Å². The Morgan fingerprint density at radius 1 is 1.55 bits per heavy atom. The molecule has 20 heavy (non-hydrogen) atoms. The molecule has 1 aromatic heterocycles. The van der Waals surface area contributed by atoms with Crippen LogP contribution in [0.2, 0.25) is 0 Å². The summed E-state index contributed by atoms with van der Waals surface area (Å²) >= 11 is 5.34. The molecule has 1 aromatic rings. The number of thiophene rings is 1. The molecule has 0 saturated carbocycles. The van der Waals surface area contributed by atoms with Crippen molar-refractivity contribution in [1.29, 1.82) is 0 Å². The lowest BCUT2D eigenvalue weighted by Gasteiger charge is -2.33. The molecule has 1 aliphatic heterocycles. The minimum absolute atomic E-state index is 0.271. The van der Waals surface area contributed by atoms with Crippen LogP contribution in [-0.4, -0.2) is 44.3 Å². The minimum atomic E-state index is 0.271. The van der Waals surface area contributed by atoms with Gasteiger partial charge in [0.15, 0.2) is 0 Å². The van der Waals surface area contributed by atoms with Crippen molar-refractivity contribution in [2.75, 3.05) is 33.4 Å². The summed E-state index contributed by atoms with van der Waals surface area (Å²) in [5, 5.41) is 5.74. The first-order chi connectivity index (χ1) is 9.49. The second kappa shape index (κ2) is 7.36. The molecule has 5 heteroatoms. The van der Waals surface area contributed by atoms with Crippen LogP contribution in [0.1, 0.15) is 25.1 Å². The molecule has 1 aliphatic rings. The molecule has 1 saturated heterocycles. The standard InChI is InChI=1S/C15H25BrN2OS/c1-12(2)17-9-15(4-5-19-11-15)10-18(3)7-14-6-13(16)8-20-14/h6,8,12,17H,4-5,7,9-11H2,1-3H3. The Hall–Kier alpha value is 0.0600. The first kappa shape index (κ1) is 16.4. The van der Waals surface area contributed by atoms with Gasteiger partial charge in [0.25, 0.3) is 0 Å². The summed E-state index contributed by atoms with van der Waals surface area (Å²) in [6.07, 6.45) is 1.16. The van der Waals surface area contributed by atoms with Crippen molar-refractivity contribution in [2.45, 2.75) is 32.9 Å². The van der Waals surface area contributed by atoms with E-state index in [9.17, 15) is 0 Å². The van der Waals surface area contributed by atoms with E-state index in [0.29, 0.717) is 6.04 Å². The van der Waals surface area contributed by atoms with Crippen molar-refractivity contribution in [2.24, 2.45) is 5.41 Å². The van der Waals surface area contributed by atoms with E-state index < -0.39 is 0 Å². The van der Waals surface area contributed by atoms with E-state index in [1.54, 1.807) is 0 Å². The molecule has 0 radical (unpaired) electrons. The number of nitrogens with one attached hydrogen (secondary N) is 1. The first-order valence-corrected chi connectivity index (χ1v) is 8.89. The molecule has 2 rings (SSSR count). The van der Waals surface area contributed by atoms with Gasteiger partial charge < -0.3 is 15.0 Å². The molecule has 0 spiro atoms. The minimum Gasteiger partial charge on any atom is -0.381 e.